The van der Waals surface area contributed by atoms with Crippen LogP contribution < -0.4 is 5.32 Å². The molecule has 0 aliphatic rings. The van der Waals surface area contributed by atoms with Gasteiger partial charge in [-0.1, -0.05) is 42.5 Å². The molecule has 0 aliphatic carbocycles. The first-order chi connectivity index (χ1) is 14.6. The number of esters is 1. The van der Waals surface area contributed by atoms with Gasteiger partial charge >= 0.3 is 5.97 Å². The van der Waals surface area contributed by atoms with Crippen LogP contribution in [0.5, 0.6) is 0 Å². The maximum Gasteiger partial charge on any atom is 0.328 e. The molecular weight excluding hydrogens is 400 g/mol. The Hall–Kier alpha value is -3.45. The number of rotatable bonds is 7. The number of nitrogens with zero attached hydrogens (tertiary/aromatic N) is 1. The van der Waals surface area contributed by atoms with Crippen LogP contribution in [0.3, 0.4) is 0 Å². The summed E-state index contributed by atoms with van der Waals surface area (Å²) in [5, 5.41) is 3.43. The molecule has 152 valence electrons. The summed E-state index contributed by atoms with van der Waals surface area (Å²) in [7, 11) is 0. The Morgan fingerprint density at radius 1 is 1.07 bits per heavy atom. The van der Waals surface area contributed by atoms with Crippen LogP contribution in [-0.4, -0.2) is 29.5 Å². The summed E-state index contributed by atoms with van der Waals surface area (Å²) in [6.45, 7) is 1.97. The van der Waals surface area contributed by atoms with E-state index in [1.807, 2.05) is 54.6 Å². The van der Waals surface area contributed by atoms with Crippen molar-refractivity contribution in [2.24, 2.45) is 0 Å². The second-order valence-electron chi connectivity index (χ2n) is 6.62. The molecule has 1 N–H and O–H groups in total. The van der Waals surface area contributed by atoms with E-state index in [0.29, 0.717) is 17.2 Å². The van der Waals surface area contributed by atoms with Gasteiger partial charge in [-0.25, -0.2) is 9.78 Å². The fraction of sp³-hybridized carbons (Fsp3) is 0.174. The van der Waals surface area contributed by atoms with Gasteiger partial charge in [0.2, 0.25) is 0 Å². The van der Waals surface area contributed by atoms with Crippen molar-refractivity contribution in [3.8, 4) is 10.8 Å². The molecule has 2 aromatic carbocycles. The molecule has 0 aliphatic heterocycles. The van der Waals surface area contributed by atoms with Crippen molar-refractivity contribution < 1.29 is 18.7 Å². The quantitative estimate of drug-likeness (QED) is 0.447. The topological polar surface area (TPSA) is 81.4 Å². The molecule has 2 aromatic heterocycles. The van der Waals surface area contributed by atoms with E-state index < -0.39 is 17.9 Å². The molecule has 0 saturated carbocycles. The Morgan fingerprint density at radius 3 is 2.60 bits per heavy atom. The molecule has 0 saturated heterocycles. The zero-order valence-corrected chi connectivity index (χ0v) is 17.1. The zero-order valence-electron chi connectivity index (χ0n) is 16.3. The highest BCUT2D eigenvalue weighted by Gasteiger charge is 2.25. The Bertz CT molecular complexity index is 1130. The third-order valence-corrected chi connectivity index (χ3v) is 5.54. The molecule has 2 heterocycles. The summed E-state index contributed by atoms with van der Waals surface area (Å²) in [6, 6.07) is 19.7. The van der Waals surface area contributed by atoms with Gasteiger partial charge in [-0.05, 0) is 36.8 Å². The summed E-state index contributed by atoms with van der Waals surface area (Å²) in [6.07, 6.45) is 0.330. The van der Waals surface area contributed by atoms with Crippen molar-refractivity contribution in [1.29, 1.82) is 0 Å². The maximum atomic E-state index is 12.7. The van der Waals surface area contributed by atoms with E-state index in [4.69, 9.17) is 9.15 Å². The van der Waals surface area contributed by atoms with Gasteiger partial charge in [0.25, 0.3) is 5.91 Å². The van der Waals surface area contributed by atoms with Gasteiger partial charge in [-0.2, -0.15) is 0 Å². The number of fused-ring (bicyclic) bond motifs is 1. The van der Waals surface area contributed by atoms with Crippen LogP contribution in [0.4, 0.5) is 0 Å². The number of benzene rings is 2. The van der Waals surface area contributed by atoms with Crippen LogP contribution in [0.15, 0.2) is 71.1 Å². The highest BCUT2D eigenvalue weighted by molar-refractivity contribution is 7.21. The van der Waals surface area contributed by atoms with E-state index in [1.54, 1.807) is 19.1 Å². The van der Waals surface area contributed by atoms with Crippen molar-refractivity contribution in [3.05, 3.63) is 78.1 Å². The first kappa shape index (κ1) is 19.8. The summed E-state index contributed by atoms with van der Waals surface area (Å²) < 4.78 is 11.9. The molecule has 1 atom stereocenters. The molecule has 4 aromatic rings. The number of amides is 1. The van der Waals surface area contributed by atoms with E-state index in [-0.39, 0.29) is 12.4 Å². The lowest BCUT2D eigenvalue weighted by Gasteiger charge is -2.16. The molecular formula is C23H20N2O4S. The zero-order chi connectivity index (χ0) is 20.9. The Kier molecular flexibility index (Phi) is 5.90. The maximum absolute atomic E-state index is 12.7. The Balaban J connectivity index is 1.51. The third-order valence-electron chi connectivity index (χ3n) is 4.49. The number of aromatic nitrogens is 1. The van der Waals surface area contributed by atoms with Crippen molar-refractivity contribution in [2.75, 3.05) is 6.61 Å². The largest absolute Gasteiger partial charge is 0.464 e. The van der Waals surface area contributed by atoms with Gasteiger partial charge in [0.15, 0.2) is 16.5 Å². The average Bonchev–Trinajstić information content (AvgIpc) is 3.41. The lowest BCUT2D eigenvalue weighted by atomic mass is 10.1. The fourth-order valence-corrected chi connectivity index (χ4v) is 4.00. The van der Waals surface area contributed by atoms with Crippen LogP contribution in [0.2, 0.25) is 0 Å². The van der Waals surface area contributed by atoms with Gasteiger partial charge in [-0.15, -0.1) is 11.3 Å². The highest BCUT2D eigenvalue weighted by Crippen LogP contribution is 2.31. The molecule has 7 heteroatoms. The molecule has 6 nitrogen and oxygen atoms in total. The summed E-state index contributed by atoms with van der Waals surface area (Å²) in [5.41, 5.74) is 1.80. The number of carbonyl (C=O) groups is 2. The van der Waals surface area contributed by atoms with Crippen LogP contribution >= 0.6 is 11.3 Å². The molecule has 0 fully saturated rings. The average molecular weight is 420 g/mol. The molecule has 1 amide bonds. The van der Waals surface area contributed by atoms with Crippen molar-refractivity contribution >= 4 is 33.4 Å². The normalized spacial score (nSPS) is 11.9. The lowest BCUT2D eigenvalue weighted by Crippen LogP contribution is -2.43. The summed E-state index contributed by atoms with van der Waals surface area (Å²) in [4.78, 5) is 29.6. The van der Waals surface area contributed by atoms with Gasteiger partial charge in [0.05, 0.1) is 16.8 Å². The number of nitrogens with one attached hydrogen (secondary N) is 1. The van der Waals surface area contributed by atoms with Gasteiger partial charge in [0.1, 0.15) is 6.04 Å². The molecule has 0 radical (unpaired) electrons. The number of furan rings is 1. The minimum Gasteiger partial charge on any atom is -0.464 e. The first-order valence-corrected chi connectivity index (χ1v) is 10.4. The predicted octanol–water partition coefficient (Wildman–Crippen LogP) is 4.46. The van der Waals surface area contributed by atoms with E-state index in [2.05, 4.69) is 10.3 Å². The van der Waals surface area contributed by atoms with Crippen molar-refractivity contribution in [3.63, 3.8) is 0 Å². The Morgan fingerprint density at radius 2 is 1.83 bits per heavy atom. The summed E-state index contributed by atoms with van der Waals surface area (Å²) in [5.74, 6) is -0.326. The fourth-order valence-electron chi connectivity index (χ4n) is 3.07. The lowest BCUT2D eigenvalue weighted by molar-refractivity contribution is -0.145. The van der Waals surface area contributed by atoms with Crippen LogP contribution in [-0.2, 0) is 16.0 Å². The van der Waals surface area contributed by atoms with Crippen LogP contribution in [0, 0.1) is 0 Å². The third kappa shape index (κ3) is 4.41. The number of hydrogen-bond donors (Lipinski definition) is 1. The minimum absolute atomic E-state index is 0.117. The summed E-state index contributed by atoms with van der Waals surface area (Å²) >= 11 is 1.49. The van der Waals surface area contributed by atoms with E-state index >= 15 is 0 Å². The number of hydrogen-bond acceptors (Lipinski definition) is 6. The number of ether oxygens (including phenoxy) is 1. The molecule has 0 bridgehead atoms. The predicted molar refractivity (Wildman–Crippen MR) is 115 cm³/mol. The van der Waals surface area contributed by atoms with E-state index in [0.717, 1.165) is 15.8 Å². The highest BCUT2D eigenvalue weighted by atomic mass is 32.1. The molecule has 1 unspecified atom stereocenters. The monoisotopic (exact) mass is 420 g/mol. The van der Waals surface area contributed by atoms with E-state index in [9.17, 15) is 9.59 Å². The second kappa shape index (κ2) is 8.92. The second-order valence-corrected chi connectivity index (χ2v) is 7.65. The van der Waals surface area contributed by atoms with Gasteiger partial charge in [-0.3, -0.25) is 4.79 Å². The van der Waals surface area contributed by atoms with Gasteiger partial charge < -0.3 is 14.5 Å². The van der Waals surface area contributed by atoms with Crippen molar-refractivity contribution in [1.82, 2.24) is 10.3 Å². The number of para-hydroxylation sites is 1. The molecule has 4 rings (SSSR count). The Labute approximate surface area is 177 Å². The first-order valence-electron chi connectivity index (χ1n) is 9.61. The molecule has 30 heavy (non-hydrogen) atoms. The minimum atomic E-state index is -0.809. The SMILES string of the molecule is CCOC(=O)C(Cc1ccccc1)NC(=O)c1ccc(-c2nc3ccccc3s2)o1. The number of carbonyl (C=O) groups excluding carboxylic acids is 2. The molecule has 0 spiro atoms. The van der Waals surface area contributed by atoms with Gasteiger partial charge in [0, 0.05) is 6.42 Å². The van der Waals surface area contributed by atoms with Crippen LogP contribution in [0.1, 0.15) is 23.0 Å². The smallest absolute Gasteiger partial charge is 0.328 e. The van der Waals surface area contributed by atoms with Crippen LogP contribution in [0.25, 0.3) is 21.0 Å². The number of thiazole rings is 1. The van der Waals surface area contributed by atoms with Crippen molar-refractivity contribution in [2.45, 2.75) is 19.4 Å². The standard InChI is InChI=1S/C23H20N2O4S/c1-2-28-23(27)17(14-15-8-4-3-5-9-15)24-21(26)18-12-13-19(29-18)22-25-16-10-6-7-11-20(16)30-22/h3-13,17H,2,14H2,1H3,(H,24,26). The van der Waals surface area contributed by atoms with E-state index in [1.165, 1.54) is 11.3 Å².